The van der Waals surface area contributed by atoms with Gasteiger partial charge in [0, 0.05) is 28.3 Å². The predicted octanol–water partition coefficient (Wildman–Crippen LogP) is 1.42. The highest BCUT2D eigenvalue weighted by atomic mass is 32.2. The molecule has 0 heterocycles. The first-order valence-electron chi connectivity index (χ1n) is 4.92. The van der Waals surface area contributed by atoms with Gasteiger partial charge in [-0.05, 0) is 12.8 Å². The molecule has 2 N–H and O–H groups in total. The van der Waals surface area contributed by atoms with Crippen molar-refractivity contribution < 1.29 is 4.21 Å². The van der Waals surface area contributed by atoms with E-state index in [1.54, 1.807) is 0 Å². The largest absolute Gasteiger partial charge is 0.330 e. The molecule has 1 aliphatic carbocycles. The Morgan fingerprint density at radius 2 is 1.75 bits per heavy atom. The minimum Gasteiger partial charge on any atom is -0.330 e. The summed E-state index contributed by atoms with van der Waals surface area (Å²) in [5, 5.41) is 0.455. The number of hydrogen-bond acceptors (Lipinski definition) is 2. The molecule has 72 valence electrons. The third-order valence-electron chi connectivity index (χ3n) is 2.49. The van der Waals surface area contributed by atoms with E-state index in [0.29, 0.717) is 17.5 Å². The van der Waals surface area contributed by atoms with Crippen molar-refractivity contribution in [2.75, 3.05) is 12.3 Å². The molecule has 1 fully saturated rings. The van der Waals surface area contributed by atoms with E-state index in [1.165, 1.54) is 25.7 Å². The summed E-state index contributed by atoms with van der Waals surface area (Å²) in [6, 6.07) is 0. The van der Waals surface area contributed by atoms with Crippen molar-refractivity contribution in [2.45, 2.75) is 43.8 Å². The molecule has 0 bridgehead atoms. The van der Waals surface area contributed by atoms with Crippen LogP contribution in [0.15, 0.2) is 0 Å². The number of hydrogen-bond donors (Lipinski definition) is 1. The average Bonchev–Trinajstić information content (AvgIpc) is 2.32. The molecule has 0 aromatic heterocycles. The lowest BCUT2D eigenvalue weighted by molar-refractivity contribution is 0.642. The van der Waals surface area contributed by atoms with Gasteiger partial charge in [-0.25, -0.2) is 0 Å². The van der Waals surface area contributed by atoms with E-state index in [0.717, 1.165) is 12.8 Å². The van der Waals surface area contributed by atoms with Crippen molar-refractivity contribution >= 4 is 10.8 Å². The molecular formula is C9H19NOS. The van der Waals surface area contributed by atoms with Gasteiger partial charge in [-0.2, -0.15) is 0 Å². The second kappa shape index (κ2) is 5.70. The Bertz CT molecular complexity index is 141. The SMILES string of the molecule is NCCS(=O)C1CCCCCC1. The molecule has 0 saturated heterocycles. The van der Waals surface area contributed by atoms with E-state index in [1.807, 2.05) is 0 Å². The monoisotopic (exact) mass is 189 g/mol. The van der Waals surface area contributed by atoms with Gasteiger partial charge in [0.05, 0.1) is 0 Å². The Hall–Kier alpha value is 0.110. The van der Waals surface area contributed by atoms with Gasteiger partial charge < -0.3 is 5.73 Å². The Balaban J connectivity index is 2.32. The third kappa shape index (κ3) is 3.23. The Labute approximate surface area is 77.4 Å². The molecule has 0 radical (unpaired) electrons. The normalized spacial score (nSPS) is 23.4. The molecule has 0 amide bonds. The standard InChI is InChI=1S/C9H19NOS/c10-7-8-12(11)9-5-3-1-2-4-6-9/h9H,1-8,10H2. The first-order valence-corrected chi connectivity index (χ1v) is 6.30. The van der Waals surface area contributed by atoms with Crippen molar-refractivity contribution in [3.63, 3.8) is 0 Å². The molecule has 1 atom stereocenters. The summed E-state index contributed by atoms with van der Waals surface area (Å²) in [5.41, 5.74) is 5.38. The minimum atomic E-state index is -0.643. The molecule has 0 spiro atoms. The van der Waals surface area contributed by atoms with Crippen LogP contribution in [-0.2, 0) is 10.8 Å². The fourth-order valence-corrected chi connectivity index (χ4v) is 3.21. The van der Waals surface area contributed by atoms with E-state index in [9.17, 15) is 4.21 Å². The third-order valence-corrected chi connectivity index (χ3v) is 4.35. The molecular weight excluding hydrogens is 170 g/mol. The highest BCUT2D eigenvalue weighted by Gasteiger charge is 2.17. The smallest absolute Gasteiger partial charge is 0.0360 e. The van der Waals surface area contributed by atoms with Crippen molar-refractivity contribution in [2.24, 2.45) is 5.73 Å². The Morgan fingerprint density at radius 1 is 1.17 bits per heavy atom. The lowest BCUT2D eigenvalue weighted by Gasteiger charge is -2.12. The molecule has 2 nitrogen and oxygen atoms in total. The highest BCUT2D eigenvalue weighted by molar-refractivity contribution is 7.85. The highest BCUT2D eigenvalue weighted by Crippen LogP contribution is 2.21. The van der Waals surface area contributed by atoms with Crippen LogP contribution in [-0.4, -0.2) is 21.8 Å². The minimum absolute atomic E-state index is 0.455. The molecule has 1 aliphatic rings. The zero-order chi connectivity index (χ0) is 8.81. The quantitative estimate of drug-likeness (QED) is 0.682. The summed E-state index contributed by atoms with van der Waals surface area (Å²) in [6.45, 7) is 0.573. The van der Waals surface area contributed by atoms with Crippen LogP contribution in [0.5, 0.6) is 0 Å². The zero-order valence-electron chi connectivity index (χ0n) is 7.63. The van der Waals surface area contributed by atoms with Gasteiger partial charge >= 0.3 is 0 Å². The van der Waals surface area contributed by atoms with Gasteiger partial charge in [0.2, 0.25) is 0 Å². The summed E-state index contributed by atoms with van der Waals surface area (Å²) in [5.74, 6) is 0.699. The van der Waals surface area contributed by atoms with Crippen LogP contribution < -0.4 is 5.73 Å². The Morgan fingerprint density at radius 3 is 2.25 bits per heavy atom. The van der Waals surface area contributed by atoms with Crippen molar-refractivity contribution in [3.8, 4) is 0 Å². The lowest BCUT2D eigenvalue weighted by Crippen LogP contribution is -2.21. The zero-order valence-corrected chi connectivity index (χ0v) is 8.44. The molecule has 0 aliphatic heterocycles. The lowest BCUT2D eigenvalue weighted by atomic mass is 10.2. The Kier molecular flexibility index (Phi) is 4.84. The van der Waals surface area contributed by atoms with Crippen LogP contribution in [0, 0.1) is 0 Å². The van der Waals surface area contributed by atoms with Gasteiger partial charge in [0.25, 0.3) is 0 Å². The predicted molar refractivity (Wildman–Crippen MR) is 53.6 cm³/mol. The van der Waals surface area contributed by atoms with Crippen LogP contribution in [0.2, 0.25) is 0 Å². The van der Waals surface area contributed by atoms with E-state index in [2.05, 4.69) is 0 Å². The molecule has 1 unspecified atom stereocenters. The van der Waals surface area contributed by atoms with E-state index < -0.39 is 10.8 Å². The maximum Gasteiger partial charge on any atom is 0.0360 e. The summed E-state index contributed by atoms with van der Waals surface area (Å²) in [4.78, 5) is 0. The summed E-state index contributed by atoms with van der Waals surface area (Å²) in [6.07, 6.45) is 7.51. The average molecular weight is 189 g/mol. The fraction of sp³-hybridized carbons (Fsp3) is 1.00. The van der Waals surface area contributed by atoms with Crippen molar-refractivity contribution in [1.82, 2.24) is 0 Å². The maximum atomic E-state index is 11.6. The van der Waals surface area contributed by atoms with Crippen molar-refractivity contribution in [1.29, 1.82) is 0 Å². The van der Waals surface area contributed by atoms with Crippen molar-refractivity contribution in [3.05, 3.63) is 0 Å². The molecule has 0 aromatic carbocycles. The van der Waals surface area contributed by atoms with Crippen LogP contribution in [0.4, 0.5) is 0 Å². The van der Waals surface area contributed by atoms with E-state index in [-0.39, 0.29) is 0 Å². The number of nitrogens with two attached hydrogens (primary N) is 1. The first-order chi connectivity index (χ1) is 5.84. The number of rotatable bonds is 3. The topological polar surface area (TPSA) is 43.1 Å². The fourth-order valence-electron chi connectivity index (χ4n) is 1.79. The van der Waals surface area contributed by atoms with Gasteiger partial charge in [0.1, 0.15) is 0 Å². The molecule has 3 heteroatoms. The van der Waals surface area contributed by atoms with E-state index in [4.69, 9.17) is 5.73 Å². The molecule has 1 rings (SSSR count). The van der Waals surface area contributed by atoms with Gasteiger partial charge in [-0.3, -0.25) is 4.21 Å². The summed E-state index contributed by atoms with van der Waals surface area (Å²) in [7, 11) is -0.643. The summed E-state index contributed by atoms with van der Waals surface area (Å²) >= 11 is 0. The van der Waals surface area contributed by atoms with Crippen LogP contribution in [0.25, 0.3) is 0 Å². The van der Waals surface area contributed by atoms with Gasteiger partial charge in [-0.1, -0.05) is 25.7 Å². The second-order valence-corrected chi connectivity index (χ2v) is 5.32. The van der Waals surface area contributed by atoms with Crippen LogP contribution >= 0.6 is 0 Å². The second-order valence-electron chi connectivity index (χ2n) is 3.49. The van der Waals surface area contributed by atoms with Crippen LogP contribution in [0.1, 0.15) is 38.5 Å². The molecule has 12 heavy (non-hydrogen) atoms. The summed E-state index contributed by atoms with van der Waals surface area (Å²) < 4.78 is 11.6. The van der Waals surface area contributed by atoms with E-state index >= 15 is 0 Å². The first kappa shape index (κ1) is 10.2. The maximum absolute atomic E-state index is 11.6. The molecule has 1 saturated carbocycles. The van der Waals surface area contributed by atoms with Crippen LogP contribution in [0.3, 0.4) is 0 Å². The molecule has 0 aromatic rings. The van der Waals surface area contributed by atoms with Gasteiger partial charge in [-0.15, -0.1) is 0 Å². The van der Waals surface area contributed by atoms with Gasteiger partial charge in [0.15, 0.2) is 0 Å².